The number of allylic oxidation sites excluding steroid dienone is 4. The first-order chi connectivity index (χ1) is 9.62. The molecule has 0 bridgehead atoms. The van der Waals surface area contributed by atoms with Crippen molar-refractivity contribution in [2.75, 3.05) is 27.2 Å². The molecule has 6 aliphatic rings. The van der Waals surface area contributed by atoms with E-state index in [0.29, 0.717) is 6.17 Å². The van der Waals surface area contributed by atoms with Crippen molar-refractivity contribution in [3.63, 3.8) is 0 Å². The van der Waals surface area contributed by atoms with Gasteiger partial charge in [0.25, 0.3) is 5.70 Å². The van der Waals surface area contributed by atoms with Gasteiger partial charge >= 0.3 is 5.91 Å². The van der Waals surface area contributed by atoms with Gasteiger partial charge in [0.15, 0.2) is 12.7 Å². The van der Waals surface area contributed by atoms with Crippen LogP contribution < -0.4 is 0 Å². The van der Waals surface area contributed by atoms with Crippen molar-refractivity contribution < 1.29 is 13.5 Å². The summed E-state index contributed by atoms with van der Waals surface area (Å²) >= 11 is 0. The SMILES string of the molecule is C[N+]12C=C3C=CCC4=[N+]3[C@@]13N1C(=CC=CC1[N+]3(C)C4)C2. The van der Waals surface area contributed by atoms with Crippen molar-refractivity contribution in [1.82, 2.24) is 4.90 Å². The van der Waals surface area contributed by atoms with Gasteiger partial charge in [-0.1, -0.05) is 16.7 Å². The first-order valence-corrected chi connectivity index (χ1v) is 7.53. The first-order valence-electron chi connectivity index (χ1n) is 7.53. The Bertz CT molecular complexity index is 754. The second-order valence-corrected chi connectivity index (χ2v) is 7.34. The van der Waals surface area contributed by atoms with Gasteiger partial charge < -0.3 is 0 Å². The number of hydrogen-bond acceptors (Lipinski definition) is 1. The van der Waals surface area contributed by atoms with Crippen molar-refractivity contribution >= 4 is 5.71 Å². The average molecular weight is 267 g/mol. The summed E-state index contributed by atoms with van der Waals surface area (Å²) in [5.74, 6) is 0.0800. The summed E-state index contributed by atoms with van der Waals surface area (Å²) in [6.45, 7) is 2.31. The molecule has 6 heterocycles. The Morgan fingerprint density at radius 1 is 1.35 bits per heavy atom. The molecule has 2 fully saturated rings. The lowest BCUT2D eigenvalue weighted by Crippen LogP contribution is -2.91. The molecule has 0 N–H and O–H groups in total. The van der Waals surface area contributed by atoms with Gasteiger partial charge in [0.2, 0.25) is 11.9 Å². The normalized spacial score (nSPS) is 51.9. The van der Waals surface area contributed by atoms with Gasteiger partial charge in [0.05, 0.1) is 26.2 Å². The van der Waals surface area contributed by atoms with Crippen LogP contribution in [0.4, 0.5) is 0 Å². The second kappa shape index (κ2) is 2.47. The Morgan fingerprint density at radius 2 is 2.25 bits per heavy atom. The lowest BCUT2D eigenvalue weighted by Gasteiger charge is -2.58. The molecule has 4 heteroatoms. The van der Waals surface area contributed by atoms with Crippen LogP contribution in [0, 0.1) is 0 Å². The van der Waals surface area contributed by atoms with Crippen LogP contribution in [0.25, 0.3) is 0 Å². The zero-order chi connectivity index (χ0) is 13.3. The summed E-state index contributed by atoms with van der Waals surface area (Å²) in [4.78, 5) is 2.70. The maximum atomic E-state index is 2.70. The van der Waals surface area contributed by atoms with Crippen molar-refractivity contribution in [1.29, 1.82) is 0 Å². The monoisotopic (exact) mass is 267 g/mol. The van der Waals surface area contributed by atoms with Crippen molar-refractivity contribution in [2.24, 2.45) is 0 Å². The molecule has 3 unspecified atom stereocenters. The molecular weight excluding hydrogens is 248 g/mol. The standard InChI is InChI=1S/C16H19N4/c1-19-9-12-5-3-6-14-11-20(2)15-8-4-7-13(10-19)18(15)16(19,20)17(12)14/h3-5,7-9,15H,6,10-11H2,1-2H3/q+3/t15?,16-,19?,20?/m1/s1. The maximum Gasteiger partial charge on any atom is 0.528 e. The molecule has 0 amide bonds. The van der Waals surface area contributed by atoms with Crippen LogP contribution in [0.1, 0.15) is 6.42 Å². The molecule has 0 radical (unpaired) electrons. The van der Waals surface area contributed by atoms with E-state index in [4.69, 9.17) is 0 Å². The molecule has 1 spiro atoms. The molecule has 0 saturated carbocycles. The van der Waals surface area contributed by atoms with Crippen LogP contribution in [-0.2, 0) is 0 Å². The highest BCUT2D eigenvalue weighted by Crippen LogP contribution is 2.63. The molecular formula is C16H19N4+3. The van der Waals surface area contributed by atoms with Gasteiger partial charge in [0.1, 0.15) is 6.54 Å². The molecule has 4 atom stereocenters. The third-order valence-electron chi connectivity index (χ3n) is 6.36. The molecule has 0 aliphatic carbocycles. The van der Waals surface area contributed by atoms with Crippen molar-refractivity contribution in [2.45, 2.75) is 18.5 Å². The number of nitrogens with zero attached hydrogens (tertiary/aromatic N) is 4. The van der Waals surface area contributed by atoms with Crippen LogP contribution >= 0.6 is 0 Å². The number of fused-ring (bicyclic) bond motifs is 1. The van der Waals surface area contributed by atoms with E-state index in [1.54, 1.807) is 5.71 Å². The molecule has 20 heavy (non-hydrogen) atoms. The molecule has 4 nitrogen and oxygen atoms in total. The molecule has 6 aliphatic heterocycles. The molecule has 0 aromatic rings. The number of quaternary nitrogens is 2. The van der Waals surface area contributed by atoms with Crippen LogP contribution in [0.2, 0.25) is 0 Å². The number of hydrogen-bond donors (Lipinski definition) is 0. The van der Waals surface area contributed by atoms with E-state index in [1.807, 2.05) is 0 Å². The molecule has 2 saturated heterocycles. The topological polar surface area (TPSA) is 6.25 Å². The largest absolute Gasteiger partial charge is 0.528 e. The summed E-state index contributed by atoms with van der Waals surface area (Å²) in [7, 11) is 4.87. The van der Waals surface area contributed by atoms with Crippen LogP contribution in [0.15, 0.2) is 48.0 Å². The molecule has 100 valence electrons. The minimum Gasteiger partial charge on any atom is -0.159 e. The second-order valence-electron chi connectivity index (χ2n) is 7.34. The Morgan fingerprint density at radius 3 is 3.15 bits per heavy atom. The van der Waals surface area contributed by atoms with E-state index in [1.165, 1.54) is 17.9 Å². The van der Waals surface area contributed by atoms with Crippen molar-refractivity contribution in [3.8, 4) is 0 Å². The van der Waals surface area contributed by atoms with Crippen LogP contribution in [0.3, 0.4) is 0 Å². The zero-order valence-electron chi connectivity index (χ0n) is 12.0. The summed E-state index contributed by atoms with van der Waals surface area (Å²) in [5, 5.41) is 0. The van der Waals surface area contributed by atoms with Crippen LogP contribution in [-0.4, -0.2) is 63.4 Å². The van der Waals surface area contributed by atoms with Gasteiger partial charge in [-0.25, -0.2) is 0 Å². The molecule has 6 rings (SSSR count). The lowest BCUT2D eigenvalue weighted by atomic mass is 10.0. The zero-order valence-corrected chi connectivity index (χ0v) is 12.0. The predicted octanol–water partition coefficient (Wildman–Crippen LogP) is 0.882. The quantitative estimate of drug-likeness (QED) is 0.466. The summed E-state index contributed by atoms with van der Waals surface area (Å²) in [6, 6.07) is 0. The van der Waals surface area contributed by atoms with Gasteiger partial charge in [-0.2, -0.15) is 13.9 Å². The third kappa shape index (κ3) is 0.644. The third-order valence-corrected chi connectivity index (χ3v) is 6.36. The summed E-state index contributed by atoms with van der Waals surface area (Å²) in [5.41, 5.74) is 4.54. The molecule has 0 aromatic carbocycles. The van der Waals surface area contributed by atoms with E-state index in [0.717, 1.165) is 21.9 Å². The maximum absolute atomic E-state index is 2.70. The fraction of sp³-hybridized carbons (Fsp3) is 0.438. The fourth-order valence-corrected chi connectivity index (χ4v) is 5.98. The summed E-state index contributed by atoms with van der Waals surface area (Å²) in [6.07, 6.45) is 15.8. The van der Waals surface area contributed by atoms with E-state index in [2.05, 4.69) is 60.2 Å². The Labute approximate surface area is 118 Å². The van der Waals surface area contributed by atoms with Gasteiger partial charge in [-0.05, 0) is 12.2 Å². The Hall–Kier alpha value is -1.65. The Kier molecular flexibility index (Phi) is 1.25. The summed E-state index contributed by atoms with van der Waals surface area (Å²) < 4.78 is 4.80. The highest BCUT2D eigenvalue weighted by atomic mass is 15.9. The number of rotatable bonds is 0. The predicted molar refractivity (Wildman–Crippen MR) is 74.8 cm³/mol. The van der Waals surface area contributed by atoms with Gasteiger partial charge in [-0.3, -0.25) is 0 Å². The van der Waals surface area contributed by atoms with E-state index < -0.39 is 0 Å². The smallest absolute Gasteiger partial charge is 0.159 e. The van der Waals surface area contributed by atoms with Crippen LogP contribution in [0.5, 0.6) is 0 Å². The minimum absolute atomic E-state index is 0.0800. The van der Waals surface area contributed by atoms with Crippen molar-refractivity contribution in [3.05, 3.63) is 48.0 Å². The fourth-order valence-electron chi connectivity index (χ4n) is 5.98. The lowest BCUT2D eigenvalue weighted by molar-refractivity contribution is -1.25. The first kappa shape index (κ1) is 10.1. The van der Waals surface area contributed by atoms with Gasteiger partial charge in [-0.15, -0.1) is 0 Å². The number of likely N-dealkylation sites (N-methyl/N-ethyl adjacent to an activating group) is 2. The molecule has 0 aromatic heterocycles. The minimum atomic E-state index is 0.0800. The average Bonchev–Trinajstić information content (AvgIpc) is 2.91. The van der Waals surface area contributed by atoms with E-state index in [9.17, 15) is 0 Å². The highest BCUT2D eigenvalue weighted by Gasteiger charge is 2.96. The van der Waals surface area contributed by atoms with Gasteiger partial charge in [0, 0.05) is 6.08 Å². The highest BCUT2D eigenvalue weighted by molar-refractivity contribution is 5.85. The van der Waals surface area contributed by atoms with E-state index >= 15 is 0 Å². The Balaban J connectivity index is 1.75. The van der Waals surface area contributed by atoms with E-state index in [-0.39, 0.29) is 5.91 Å².